The Bertz CT molecular complexity index is 1060. The monoisotopic (exact) mass is 428 g/mol. The number of hydrogen-bond donors (Lipinski definition) is 2. The van der Waals surface area contributed by atoms with Crippen molar-refractivity contribution in [2.24, 2.45) is 0 Å². The molecule has 0 aromatic heterocycles. The van der Waals surface area contributed by atoms with Gasteiger partial charge in [0.2, 0.25) is 5.91 Å². The number of halogens is 2. The Kier molecular flexibility index (Phi) is 6.90. The largest absolute Gasteiger partial charge is 0.325 e. The summed E-state index contributed by atoms with van der Waals surface area (Å²) in [7, 11) is 0. The molecule has 0 aliphatic rings. The smallest absolute Gasteiger partial charge is 0.255 e. The molecule has 0 aliphatic heterocycles. The zero-order valence-electron chi connectivity index (χ0n) is 15.5. The van der Waals surface area contributed by atoms with Crippen LogP contribution in [0.15, 0.2) is 71.6 Å². The molecule has 3 rings (SSSR count). The molecule has 0 bridgehead atoms. The maximum atomic E-state index is 13.2. The van der Waals surface area contributed by atoms with Gasteiger partial charge in [-0.05, 0) is 55.5 Å². The maximum absolute atomic E-state index is 13.2. The van der Waals surface area contributed by atoms with Crippen molar-refractivity contribution in [2.75, 3.05) is 16.4 Å². The van der Waals surface area contributed by atoms with Crippen molar-refractivity contribution >= 4 is 46.6 Å². The molecule has 0 spiro atoms. The van der Waals surface area contributed by atoms with Gasteiger partial charge in [0.25, 0.3) is 5.91 Å². The van der Waals surface area contributed by atoms with Gasteiger partial charge in [-0.25, -0.2) is 4.39 Å². The third kappa shape index (κ3) is 6.07. The summed E-state index contributed by atoms with van der Waals surface area (Å²) in [4.78, 5) is 25.3. The predicted molar refractivity (Wildman–Crippen MR) is 116 cm³/mol. The number of thioether (sulfide) groups is 1. The molecular formula is C22H18ClFN2O2S. The summed E-state index contributed by atoms with van der Waals surface area (Å²) in [6.07, 6.45) is 0. The van der Waals surface area contributed by atoms with Crippen molar-refractivity contribution in [1.82, 2.24) is 0 Å². The number of aryl methyl sites for hydroxylation is 1. The van der Waals surface area contributed by atoms with Crippen molar-refractivity contribution in [3.8, 4) is 0 Å². The Morgan fingerprint density at radius 1 is 0.966 bits per heavy atom. The summed E-state index contributed by atoms with van der Waals surface area (Å²) in [5.41, 5.74) is 2.67. The van der Waals surface area contributed by atoms with Crippen LogP contribution in [0.2, 0.25) is 5.02 Å². The highest BCUT2D eigenvalue weighted by Crippen LogP contribution is 2.23. The quantitative estimate of drug-likeness (QED) is 0.490. The van der Waals surface area contributed by atoms with E-state index >= 15 is 0 Å². The first-order chi connectivity index (χ1) is 13.9. The predicted octanol–water partition coefficient (Wildman–Crippen LogP) is 5.77. The number of anilines is 2. The fraction of sp³-hybridized carbons (Fsp3) is 0.0909. The molecule has 7 heteroatoms. The fourth-order valence-corrected chi connectivity index (χ4v) is 3.51. The van der Waals surface area contributed by atoms with E-state index in [1.165, 1.54) is 30.0 Å². The number of nitrogens with one attached hydrogen (secondary N) is 2. The van der Waals surface area contributed by atoms with E-state index in [1.54, 1.807) is 18.2 Å². The minimum Gasteiger partial charge on any atom is -0.325 e. The minimum absolute atomic E-state index is 0.0486. The average Bonchev–Trinajstić information content (AvgIpc) is 2.69. The highest BCUT2D eigenvalue weighted by atomic mass is 35.5. The van der Waals surface area contributed by atoms with Gasteiger partial charge in [-0.15, -0.1) is 11.8 Å². The van der Waals surface area contributed by atoms with Crippen molar-refractivity contribution < 1.29 is 14.0 Å². The van der Waals surface area contributed by atoms with Gasteiger partial charge in [-0.1, -0.05) is 35.4 Å². The van der Waals surface area contributed by atoms with Crippen LogP contribution in [0.25, 0.3) is 0 Å². The third-order valence-corrected chi connectivity index (χ3v) is 5.23. The van der Waals surface area contributed by atoms with Gasteiger partial charge >= 0.3 is 0 Å². The fourth-order valence-electron chi connectivity index (χ4n) is 2.57. The molecule has 2 N–H and O–H groups in total. The summed E-state index contributed by atoms with van der Waals surface area (Å²) in [5, 5.41) is 5.49. The van der Waals surface area contributed by atoms with E-state index in [2.05, 4.69) is 10.6 Å². The van der Waals surface area contributed by atoms with Crippen LogP contribution in [-0.2, 0) is 4.79 Å². The molecule has 0 saturated carbocycles. The first-order valence-corrected chi connectivity index (χ1v) is 10.1. The Morgan fingerprint density at radius 3 is 2.48 bits per heavy atom. The number of carbonyl (C=O) groups is 2. The Hall–Kier alpha value is -2.83. The number of rotatable bonds is 6. The van der Waals surface area contributed by atoms with Crippen LogP contribution in [0.5, 0.6) is 0 Å². The number of hydrogen-bond acceptors (Lipinski definition) is 3. The van der Waals surface area contributed by atoms with E-state index in [9.17, 15) is 14.0 Å². The maximum Gasteiger partial charge on any atom is 0.255 e. The van der Waals surface area contributed by atoms with Crippen LogP contribution in [0.1, 0.15) is 15.9 Å². The Labute approximate surface area is 177 Å². The lowest BCUT2D eigenvalue weighted by Crippen LogP contribution is -2.14. The van der Waals surface area contributed by atoms with Crippen molar-refractivity contribution in [1.29, 1.82) is 0 Å². The first kappa shape index (κ1) is 20.9. The van der Waals surface area contributed by atoms with E-state index in [0.29, 0.717) is 16.9 Å². The topological polar surface area (TPSA) is 58.2 Å². The molecule has 4 nitrogen and oxygen atoms in total. The van der Waals surface area contributed by atoms with Crippen LogP contribution in [0.3, 0.4) is 0 Å². The molecule has 0 unspecified atom stereocenters. The molecule has 3 aromatic carbocycles. The molecule has 0 radical (unpaired) electrons. The Balaban J connectivity index is 1.57. The molecule has 3 aromatic rings. The van der Waals surface area contributed by atoms with Gasteiger partial charge in [0, 0.05) is 21.8 Å². The summed E-state index contributed by atoms with van der Waals surface area (Å²) in [6, 6.07) is 18.6. The average molecular weight is 429 g/mol. The van der Waals surface area contributed by atoms with E-state index in [0.717, 1.165) is 10.5 Å². The van der Waals surface area contributed by atoms with Gasteiger partial charge in [0.15, 0.2) is 0 Å². The van der Waals surface area contributed by atoms with E-state index in [4.69, 9.17) is 11.6 Å². The van der Waals surface area contributed by atoms with Gasteiger partial charge < -0.3 is 10.6 Å². The lowest BCUT2D eigenvalue weighted by Gasteiger charge is -2.09. The zero-order chi connectivity index (χ0) is 20.8. The van der Waals surface area contributed by atoms with E-state index in [-0.39, 0.29) is 22.6 Å². The SMILES string of the molecule is Cc1cccc(C(=O)Nc2cccc(SCC(=O)Nc3ccc(F)c(Cl)c3)c2)c1. The van der Waals surface area contributed by atoms with Gasteiger partial charge in [0.05, 0.1) is 10.8 Å². The van der Waals surface area contributed by atoms with Crippen LogP contribution in [-0.4, -0.2) is 17.6 Å². The molecular weight excluding hydrogens is 411 g/mol. The number of amides is 2. The lowest BCUT2D eigenvalue weighted by molar-refractivity contribution is -0.113. The number of carbonyl (C=O) groups excluding carboxylic acids is 2. The molecule has 0 aliphatic carbocycles. The van der Waals surface area contributed by atoms with Crippen molar-refractivity contribution in [3.63, 3.8) is 0 Å². The highest BCUT2D eigenvalue weighted by Gasteiger charge is 2.09. The molecule has 148 valence electrons. The summed E-state index contributed by atoms with van der Waals surface area (Å²) >= 11 is 7.04. The normalized spacial score (nSPS) is 10.4. The summed E-state index contributed by atoms with van der Waals surface area (Å²) in [6.45, 7) is 1.93. The minimum atomic E-state index is -0.538. The van der Waals surface area contributed by atoms with Gasteiger partial charge in [-0.2, -0.15) is 0 Å². The molecule has 0 heterocycles. The van der Waals surface area contributed by atoms with Crippen LogP contribution in [0.4, 0.5) is 15.8 Å². The van der Waals surface area contributed by atoms with E-state index < -0.39 is 5.82 Å². The van der Waals surface area contributed by atoms with E-state index in [1.807, 2.05) is 37.3 Å². The second-order valence-corrected chi connectivity index (χ2v) is 7.77. The van der Waals surface area contributed by atoms with Crippen molar-refractivity contribution in [2.45, 2.75) is 11.8 Å². The molecule has 2 amide bonds. The van der Waals surface area contributed by atoms with Crippen LogP contribution < -0.4 is 10.6 Å². The van der Waals surface area contributed by atoms with Gasteiger partial charge in [0.1, 0.15) is 5.82 Å². The second-order valence-electron chi connectivity index (χ2n) is 6.32. The van der Waals surface area contributed by atoms with Crippen LogP contribution in [0, 0.1) is 12.7 Å². The molecule has 0 atom stereocenters. The van der Waals surface area contributed by atoms with Crippen LogP contribution >= 0.6 is 23.4 Å². The Morgan fingerprint density at radius 2 is 1.72 bits per heavy atom. The standard InChI is InChI=1S/C22H18ClFN2O2S/c1-14-4-2-5-15(10-14)22(28)26-16-6-3-7-18(11-16)29-13-21(27)25-17-8-9-20(24)19(23)12-17/h2-12H,13H2,1H3,(H,25,27)(H,26,28). The lowest BCUT2D eigenvalue weighted by atomic mass is 10.1. The molecule has 29 heavy (non-hydrogen) atoms. The molecule has 0 fully saturated rings. The summed E-state index contributed by atoms with van der Waals surface area (Å²) in [5.74, 6) is -0.818. The zero-order valence-corrected chi connectivity index (χ0v) is 17.1. The first-order valence-electron chi connectivity index (χ1n) is 8.76. The molecule has 0 saturated heterocycles. The second kappa shape index (κ2) is 9.58. The highest BCUT2D eigenvalue weighted by molar-refractivity contribution is 8.00. The summed E-state index contributed by atoms with van der Waals surface area (Å²) < 4.78 is 13.2. The van der Waals surface area contributed by atoms with Gasteiger partial charge in [-0.3, -0.25) is 9.59 Å². The van der Waals surface area contributed by atoms with Crippen molar-refractivity contribution in [3.05, 3.63) is 88.7 Å². The number of benzene rings is 3. The third-order valence-electron chi connectivity index (χ3n) is 3.95.